The lowest BCUT2D eigenvalue weighted by atomic mass is 10.1. The van der Waals surface area contributed by atoms with Crippen molar-refractivity contribution in [2.45, 2.75) is 6.92 Å². The van der Waals surface area contributed by atoms with E-state index in [9.17, 15) is 9.59 Å². The lowest BCUT2D eigenvalue weighted by Gasteiger charge is -2.30. The van der Waals surface area contributed by atoms with Crippen molar-refractivity contribution in [2.75, 3.05) is 50.2 Å². The number of benzene rings is 2. The van der Waals surface area contributed by atoms with Crippen LogP contribution in [-0.2, 0) is 14.3 Å². The van der Waals surface area contributed by atoms with Crippen molar-refractivity contribution in [3.05, 3.63) is 53.6 Å². The van der Waals surface area contributed by atoms with Crippen LogP contribution < -0.4 is 15.0 Å². The van der Waals surface area contributed by atoms with Gasteiger partial charge in [-0.05, 0) is 42.8 Å². The first-order valence-electron chi connectivity index (χ1n) is 9.11. The van der Waals surface area contributed by atoms with Crippen LogP contribution in [0.2, 0.25) is 0 Å². The number of nitrogens with zero attached hydrogens (tertiary/aromatic N) is 1. The fourth-order valence-corrected chi connectivity index (χ4v) is 3.02. The summed E-state index contributed by atoms with van der Waals surface area (Å²) in [5, 5.41) is 2.76. The lowest BCUT2D eigenvalue weighted by Crippen LogP contribution is -2.37. The van der Waals surface area contributed by atoms with Gasteiger partial charge < -0.3 is 24.4 Å². The molecule has 1 fully saturated rings. The van der Waals surface area contributed by atoms with Crippen LogP contribution in [0.1, 0.15) is 15.9 Å². The highest BCUT2D eigenvalue weighted by molar-refractivity contribution is 5.99. The predicted octanol–water partition coefficient (Wildman–Crippen LogP) is 2.64. The van der Waals surface area contributed by atoms with Gasteiger partial charge in [-0.3, -0.25) is 4.79 Å². The molecule has 2 aromatic carbocycles. The molecule has 28 heavy (non-hydrogen) atoms. The monoisotopic (exact) mass is 384 g/mol. The van der Waals surface area contributed by atoms with E-state index in [2.05, 4.69) is 10.2 Å². The smallest absolute Gasteiger partial charge is 0.340 e. The molecule has 0 aromatic heterocycles. The van der Waals surface area contributed by atoms with Crippen LogP contribution in [0.25, 0.3) is 0 Å². The Kier molecular flexibility index (Phi) is 6.49. The summed E-state index contributed by atoms with van der Waals surface area (Å²) in [6.07, 6.45) is 0. The standard InChI is InChI=1S/C21H24N2O5/c1-15-4-3-5-17(12-15)28-14-20(24)22-16-6-7-19(18(13-16)21(25)26-2)23-8-10-27-11-9-23/h3-7,12-13H,8-11,14H2,1-2H3,(H,22,24). The molecule has 1 aliphatic rings. The minimum Gasteiger partial charge on any atom is -0.484 e. The number of anilines is 2. The first kappa shape index (κ1) is 19.7. The van der Waals surface area contributed by atoms with Crippen LogP contribution in [0.5, 0.6) is 5.75 Å². The average molecular weight is 384 g/mol. The Hall–Kier alpha value is -3.06. The highest BCUT2D eigenvalue weighted by Crippen LogP contribution is 2.26. The second kappa shape index (κ2) is 9.23. The van der Waals surface area contributed by atoms with Gasteiger partial charge in [0.05, 0.1) is 31.6 Å². The molecule has 0 aliphatic carbocycles. The van der Waals surface area contributed by atoms with E-state index >= 15 is 0 Å². The quantitative estimate of drug-likeness (QED) is 0.772. The molecule has 0 bridgehead atoms. The topological polar surface area (TPSA) is 77.1 Å². The zero-order valence-electron chi connectivity index (χ0n) is 16.1. The van der Waals surface area contributed by atoms with Crippen molar-refractivity contribution in [3.8, 4) is 5.75 Å². The van der Waals surface area contributed by atoms with Crippen LogP contribution >= 0.6 is 0 Å². The van der Waals surface area contributed by atoms with Gasteiger partial charge in [0.25, 0.3) is 5.91 Å². The predicted molar refractivity (Wildman–Crippen MR) is 106 cm³/mol. The Balaban J connectivity index is 1.69. The van der Waals surface area contributed by atoms with E-state index in [1.54, 1.807) is 18.2 Å². The Bertz CT molecular complexity index is 846. The summed E-state index contributed by atoms with van der Waals surface area (Å²) in [4.78, 5) is 26.5. The van der Waals surface area contributed by atoms with Crippen molar-refractivity contribution in [3.63, 3.8) is 0 Å². The molecule has 3 rings (SSSR count). The molecular formula is C21H24N2O5. The van der Waals surface area contributed by atoms with Crippen molar-refractivity contribution >= 4 is 23.3 Å². The van der Waals surface area contributed by atoms with Gasteiger partial charge in [0.15, 0.2) is 6.61 Å². The normalized spacial score (nSPS) is 13.7. The van der Waals surface area contributed by atoms with E-state index in [1.165, 1.54) is 7.11 Å². The number of nitrogens with one attached hydrogen (secondary N) is 1. The molecule has 0 unspecified atom stereocenters. The van der Waals surface area contributed by atoms with Crippen LogP contribution in [-0.4, -0.2) is 51.9 Å². The molecule has 1 heterocycles. The van der Waals surface area contributed by atoms with E-state index in [0.717, 1.165) is 11.3 Å². The zero-order chi connectivity index (χ0) is 19.9. The third-order valence-corrected chi connectivity index (χ3v) is 4.40. The summed E-state index contributed by atoms with van der Waals surface area (Å²) in [5.41, 5.74) is 2.74. The molecule has 1 aliphatic heterocycles. The second-order valence-electron chi connectivity index (χ2n) is 6.48. The Morgan fingerprint density at radius 3 is 2.64 bits per heavy atom. The van der Waals surface area contributed by atoms with E-state index in [4.69, 9.17) is 14.2 Å². The van der Waals surface area contributed by atoms with Gasteiger partial charge in [-0.1, -0.05) is 12.1 Å². The SMILES string of the molecule is COC(=O)c1cc(NC(=O)COc2cccc(C)c2)ccc1N1CCOCC1. The van der Waals surface area contributed by atoms with Gasteiger partial charge in [0.1, 0.15) is 5.75 Å². The summed E-state index contributed by atoms with van der Waals surface area (Å²) >= 11 is 0. The Morgan fingerprint density at radius 1 is 1.14 bits per heavy atom. The van der Waals surface area contributed by atoms with Crippen LogP contribution in [0.4, 0.5) is 11.4 Å². The fourth-order valence-electron chi connectivity index (χ4n) is 3.02. The van der Waals surface area contributed by atoms with E-state index in [1.807, 2.05) is 31.2 Å². The van der Waals surface area contributed by atoms with Gasteiger partial charge in [0.2, 0.25) is 0 Å². The summed E-state index contributed by atoms with van der Waals surface area (Å²) in [7, 11) is 1.34. The van der Waals surface area contributed by atoms with E-state index in [0.29, 0.717) is 43.3 Å². The number of hydrogen-bond donors (Lipinski definition) is 1. The molecule has 0 radical (unpaired) electrons. The number of ether oxygens (including phenoxy) is 3. The number of aryl methyl sites for hydroxylation is 1. The largest absolute Gasteiger partial charge is 0.484 e. The van der Waals surface area contributed by atoms with Crippen molar-refractivity contribution in [2.24, 2.45) is 0 Å². The zero-order valence-corrected chi connectivity index (χ0v) is 16.1. The van der Waals surface area contributed by atoms with E-state index < -0.39 is 5.97 Å². The molecule has 1 amide bonds. The number of carbonyl (C=O) groups excluding carboxylic acids is 2. The Morgan fingerprint density at radius 2 is 1.93 bits per heavy atom. The number of hydrogen-bond acceptors (Lipinski definition) is 6. The number of amides is 1. The van der Waals surface area contributed by atoms with Gasteiger partial charge in [-0.2, -0.15) is 0 Å². The van der Waals surface area contributed by atoms with Crippen molar-refractivity contribution < 1.29 is 23.8 Å². The molecule has 1 N–H and O–H groups in total. The van der Waals surface area contributed by atoms with Crippen molar-refractivity contribution in [1.29, 1.82) is 0 Å². The number of morpholine rings is 1. The molecule has 0 spiro atoms. The molecule has 0 atom stereocenters. The van der Waals surface area contributed by atoms with Crippen molar-refractivity contribution in [1.82, 2.24) is 0 Å². The third kappa shape index (κ3) is 5.01. The maximum atomic E-state index is 12.2. The average Bonchev–Trinajstić information content (AvgIpc) is 2.72. The Labute approximate surface area is 164 Å². The van der Waals surface area contributed by atoms with Gasteiger partial charge in [-0.25, -0.2) is 4.79 Å². The van der Waals surface area contributed by atoms with Crippen LogP contribution in [0, 0.1) is 6.92 Å². The molecular weight excluding hydrogens is 360 g/mol. The molecule has 1 saturated heterocycles. The molecule has 7 nitrogen and oxygen atoms in total. The summed E-state index contributed by atoms with van der Waals surface area (Å²) in [6, 6.07) is 12.7. The van der Waals surface area contributed by atoms with Crippen LogP contribution in [0.15, 0.2) is 42.5 Å². The molecule has 7 heteroatoms. The number of carbonyl (C=O) groups is 2. The van der Waals surface area contributed by atoms with Gasteiger partial charge in [-0.15, -0.1) is 0 Å². The first-order valence-corrected chi connectivity index (χ1v) is 9.11. The highest BCUT2D eigenvalue weighted by atomic mass is 16.5. The summed E-state index contributed by atoms with van der Waals surface area (Å²) < 4.78 is 15.8. The first-order chi connectivity index (χ1) is 13.6. The van der Waals surface area contributed by atoms with Gasteiger partial charge >= 0.3 is 5.97 Å². The summed E-state index contributed by atoms with van der Waals surface area (Å²) in [6.45, 7) is 4.43. The molecule has 2 aromatic rings. The maximum Gasteiger partial charge on any atom is 0.340 e. The maximum absolute atomic E-state index is 12.2. The highest BCUT2D eigenvalue weighted by Gasteiger charge is 2.20. The molecule has 148 valence electrons. The summed E-state index contributed by atoms with van der Waals surface area (Å²) in [5.74, 6) is -0.127. The number of methoxy groups -OCH3 is 1. The minimum atomic E-state index is -0.450. The minimum absolute atomic E-state index is 0.123. The lowest BCUT2D eigenvalue weighted by molar-refractivity contribution is -0.118. The van der Waals surface area contributed by atoms with E-state index in [-0.39, 0.29) is 12.5 Å². The fraction of sp³-hybridized carbons (Fsp3) is 0.333. The second-order valence-corrected chi connectivity index (χ2v) is 6.48. The number of esters is 1. The van der Waals surface area contributed by atoms with Gasteiger partial charge in [0, 0.05) is 18.8 Å². The third-order valence-electron chi connectivity index (χ3n) is 4.40. The number of rotatable bonds is 6. The van der Waals surface area contributed by atoms with Crippen LogP contribution in [0.3, 0.4) is 0 Å². The molecule has 0 saturated carbocycles.